The molecule has 5 rings (SSSR count). The van der Waals surface area contributed by atoms with Gasteiger partial charge >= 0.3 is 0 Å². The van der Waals surface area contributed by atoms with E-state index in [-0.39, 0.29) is 23.9 Å². The zero-order chi connectivity index (χ0) is 23.8. The van der Waals surface area contributed by atoms with Crippen molar-refractivity contribution >= 4 is 22.2 Å². The van der Waals surface area contributed by atoms with Crippen LogP contribution in [-0.2, 0) is 11.2 Å². The largest absolute Gasteiger partial charge is 0.353 e. The van der Waals surface area contributed by atoms with Gasteiger partial charge in [0.15, 0.2) is 4.96 Å². The maximum Gasteiger partial charge on any atom is 0.268 e. The summed E-state index contributed by atoms with van der Waals surface area (Å²) in [5, 5.41) is 9.76. The summed E-state index contributed by atoms with van der Waals surface area (Å²) in [7, 11) is 0. The molecule has 3 aromatic heterocycles. The summed E-state index contributed by atoms with van der Waals surface area (Å²) in [6, 6.07) is 10.3. The van der Waals surface area contributed by atoms with E-state index < -0.39 is 0 Å². The zero-order valence-corrected chi connectivity index (χ0v) is 20.6. The first-order valence-corrected chi connectivity index (χ1v) is 12.7. The number of thiazole rings is 1. The first-order valence-electron chi connectivity index (χ1n) is 11.8. The molecule has 1 N–H and O–H groups in total. The van der Waals surface area contributed by atoms with Crippen LogP contribution in [0, 0.1) is 20.8 Å². The molecule has 1 aliphatic rings. The molecule has 0 atom stereocenters. The van der Waals surface area contributed by atoms with Gasteiger partial charge in [0.25, 0.3) is 5.56 Å². The number of aromatic nitrogens is 4. The summed E-state index contributed by atoms with van der Waals surface area (Å²) in [4.78, 5) is 31.7. The van der Waals surface area contributed by atoms with E-state index in [2.05, 4.69) is 10.3 Å². The highest BCUT2D eigenvalue weighted by molar-refractivity contribution is 7.15. The highest BCUT2D eigenvalue weighted by Crippen LogP contribution is 2.24. The Balaban J connectivity index is 1.49. The number of aryl methyl sites for hydroxylation is 3. The molecule has 4 aromatic rings. The second-order valence-electron chi connectivity index (χ2n) is 9.22. The highest BCUT2D eigenvalue weighted by atomic mass is 32.1. The minimum atomic E-state index is -0.183. The van der Waals surface area contributed by atoms with E-state index in [4.69, 9.17) is 5.10 Å². The summed E-state index contributed by atoms with van der Waals surface area (Å²) in [6.45, 7) is 5.86. The van der Waals surface area contributed by atoms with Crippen LogP contribution in [-0.4, -0.2) is 31.1 Å². The minimum absolute atomic E-state index is 0.0416. The van der Waals surface area contributed by atoms with E-state index in [0.717, 1.165) is 37.1 Å². The number of fused-ring (bicyclic) bond motifs is 1. The zero-order valence-electron chi connectivity index (χ0n) is 19.8. The Labute approximate surface area is 202 Å². The lowest BCUT2D eigenvalue weighted by Gasteiger charge is -2.22. The molecule has 1 aromatic carbocycles. The van der Waals surface area contributed by atoms with Gasteiger partial charge in [0.05, 0.1) is 23.4 Å². The Kier molecular flexibility index (Phi) is 6.08. The second kappa shape index (κ2) is 9.18. The maximum absolute atomic E-state index is 13.7. The lowest BCUT2D eigenvalue weighted by Crippen LogP contribution is -2.37. The van der Waals surface area contributed by atoms with Crippen molar-refractivity contribution < 1.29 is 4.79 Å². The van der Waals surface area contributed by atoms with Crippen LogP contribution >= 0.6 is 11.3 Å². The molecule has 176 valence electrons. The molecule has 0 spiro atoms. The molecule has 0 saturated heterocycles. The van der Waals surface area contributed by atoms with Crippen molar-refractivity contribution in [2.75, 3.05) is 0 Å². The van der Waals surface area contributed by atoms with Crippen LogP contribution in [0.4, 0.5) is 0 Å². The van der Waals surface area contributed by atoms with E-state index in [9.17, 15) is 9.59 Å². The van der Waals surface area contributed by atoms with Crippen LogP contribution in [0.1, 0.15) is 54.7 Å². The van der Waals surface area contributed by atoms with Crippen molar-refractivity contribution in [1.29, 1.82) is 0 Å². The summed E-state index contributed by atoms with van der Waals surface area (Å²) in [5.41, 5.74) is 5.23. The molecule has 8 heteroatoms. The first-order chi connectivity index (χ1) is 16.4. The molecule has 0 unspecified atom stereocenters. The van der Waals surface area contributed by atoms with Crippen molar-refractivity contribution in [3.63, 3.8) is 0 Å². The molecule has 1 aliphatic carbocycles. The third-order valence-electron chi connectivity index (χ3n) is 6.56. The Hall–Kier alpha value is -3.26. The smallest absolute Gasteiger partial charge is 0.268 e. The quantitative estimate of drug-likeness (QED) is 0.460. The van der Waals surface area contributed by atoms with E-state index in [0.29, 0.717) is 27.6 Å². The number of amides is 1. The SMILES string of the molecule is Cc1ccc(-n2nc(-c3c(C)nc4scc(CC(=O)NC5CCCCC5)n4c3=O)cc2C)cc1. The molecule has 0 radical (unpaired) electrons. The number of nitrogens with zero attached hydrogens (tertiary/aromatic N) is 4. The van der Waals surface area contributed by atoms with Gasteiger partial charge in [-0.2, -0.15) is 5.10 Å². The van der Waals surface area contributed by atoms with E-state index in [1.165, 1.54) is 23.3 Å². The molecule has 1 fully saturated rings. The lowest BCUT2D eigenvalue weighted by molar-refractivity contribution is -0.121. The van der Waals surface area contributed by atoms with Crippen LogP contribution in [0.3, 0.4) is 0 Å². The predicted molar refractivity (Wildman–Crippen MR) is 135 cm³/mol. The average Bonchev–Trinajstić information content (AvgIpc) is 3.38. The van der Waals surface area contributed by atoms with Crippen molar-refractivity contribution in [2.24, 2.45) is 0 Å². The Bertz CT molecular complexity index is 1410. The van der Waals surface area contributed by atoms with Gasteiger partial charge in [-0.1, -0.05) is 37.0 Å². The lowest BCUT2D eigenvalue weighted by atomic mass is 9.95. The van der Waals surface area contributed by atoms with Gasteiger partial charge in [-0.25, -0.2) is 9.67 Å². The fourth-order valence-electron chi connectivity index (χ4n) is 4.76. The Morgan fingerprint density at radius 3 is 2.59 bits per heavy atom. The second-order valence-corrected chi connectivity index (χ2v) is 10.1. The van der Waals surface area contributed by atoms with Crippen LogP contribution in [0.5, 0.6) is 0 Å². The van der Waals surface area contributed by atoms with Gasteiger partial charge in [0, 0.05) is 22.8 Å². The van der Waals surface area contributed by atoms with Crippen molar-refractivity contribution in [3.05, 3.63) is 68.7 Å². The predicted octanol–water partition coefficient (Wildman–Crippen LogP) is 4.53. The number of nitrogens with one attached hydrogen (secondary N) is 1. The number of hydrogen-bond donors (Lipinski definition) is 1. The van der Waals surface area contributed by atoms with Crippen LogP contribution in [0.25, 0.3) is 21.9 Å². The molecule has 7 nitrogen and oxygen atoms in total. The Morgan fingerprint density at radius 1 is 1.12 bits per heavy atom. The maximum atomic E-state index is 13.7. The number of benzene rings is 1. The molecule has 3 heterocycles. The van der Waals surface area contributed by atoms with Crippen LogP contribution < -0.4 is 10.9 Å². The molecule has 1 amide bonds. The summed E-state index contributed by atoms with van der Waals surface area (Å²) < 4.78 is 3.42. The van der Waals surface area contributed by atoms with Gasteiger partial charge in [-0.3, -0.25) is 14.0 Å². The normalized spacial score (nSPS) is 14.6. The van der Waals surface area contributed by atoms with E-state index >= 15 is 0 Å². The molecule has 0 aliphatic heterocycles. The highest BCUT2D eigenvalue weighted by Gasteiger charge is 2.21. The molecular formula is C26H29N5O2S. The van der Waals surface area contributed by atoms with E-state index in [1.807, 2.05) is 61.2 Å². The van der Waals surface area contributed by atoms with Crippen molar-refractivity contribution in [3.8, 4) is 16.9 Å². The van der Waals surface area contributed by atoms with Crippen LogP contribution in [0.15, 0.2) is 40.5 Å². The standard InChI is InChI=1S/C26H29N5O2S/c1-16-9-11-20(12-10-16)31-17(2)13-22(29-31)24-18(3)27-26-30(25(24)33)21(15-34-26)14-23(32)28-19-7-5-4-6-8-19/h9-13,15,19H,4-8,14H2,1-3H3,(H,28,32). The minimum Gasteiger partial charge on any atom is -0.353 e. The van der Waals surface area contributed by atoms with Crippen molar-refractivity contribution in [1.82, 2.24) is 24.5 Å². The Morgan fingerprint density at radius 2 is 1.85 bits per heavy atom. The summed E-state index contributed by atoms with van der Waals surface area (Å²) in [5.74, 6) is -0.0416. The topological polar surface area (TPSA) is 81.3 Å². The van der Waals surface area contributed by atoms with Crippen molar-refractivity contribution in [2.45, 2.75) is 65.3 Å². The molecule has 1 saturated carbocycles. The fraction of sp³-hybridized carbons (Fsp3) is 0.385. The van der Waals surface area contributed by atoms with Crippen LogP contribution in [0.2, 0.25) is 0 Å². The van der Waals surface area contributed by atoms with E-state index in [1.54, 1.807) is 4.40 Å². The fourth-order valence-corrected chi connectivity index (χ4v) is 5.68. The number of hydrogen-bond acceptors (Lipinski definition) is 5. The summed E-state index contributed by atoms with van der Waals surface area (Å²) >= 11 is 1.39. The number of carbonyl (C=O) groups is 1. The third kappa shape index (κ3) is 4.30. The number of carbonyl (C=O) groups excluding carboxylic acids is 1. The van der Waals surface area contributed by atoms with Gasteiger partial charge in [0.1, 0.15) is 5.69 Å². The number of rotatable bonds is 5. The molecular weight excluding hydrogens is 446 g/mol. The van der Waals surface area contributed by atoms with Gasteiger partial charge in [-0.05, 0) is 51.8 Å². The first kappa shape index (κ1) is 22.5. The molecule has 0 bridgehead atoms. The van der Waals surface area contributed by atoms with Gasteiger partial charge in [-0.15, -0.1) is 11.3 Å². The van der Waals surface area contributed by atoms with Gasteiger partial charge in [0.2, 0.25) is 5.91 Å². The summed E-state index contributed by atoms with van der Waals surface area (Å²) in [6.07, 6.45) is 5.79. The molecule has 34 heavy (non-hydrogen) atoms. The monoisotopic (exact) mass is 475 g/mol. The van der Waals surface area contributed by atoms with Gasteiger partial charge < -0.3 is 5.32 Å². The average molecular weight is 476 g/mol. The third-order valence-corrected chi connectivity index (χ3v) is 7.43.